The number of sulfone groups is 1. The van der Waals surface area contributed by atoms with Gasteiger partial charge in [-0.3, -0.25) is 9.78 Å². The van der Waals surface area contributed by atoms with Crippen LogP contribution in [-0.4, -0.2) is 35.2 Å². The van der Waals surface area contributed by atoms with E-state index in [1.165, 1.54) is 30.6 Å². The Morgan fingerprint density at radius 3 is 2.43 bits per heavy atom. The number of hydrogen-bond donors (Lipinski definition) is 2. The summed E-state index contributed by atoms with van der Waals surface area (Å²) in [6.07, 6.45) is 0.562. The van der Waals surface area contributed by atoms with Gasteiger partial charge >= 0.3 is 0 Å². The van der Waals surface area contributed by atoms with Gasteiger partial charge in [-0.05, 0) is 25.1 Å². The highest BCUT2D eigenvalue weighted by Gasteiger charge is 2.18. The third-order valence-corrected chi connectivity index (χ3v) is 5.09. The van der Waals surface area contributed by atoms with Crippen LogP contribution >= 0.6 is 0 Å². The Kier molecular flexibility index (Phi) is 5.25. The van der Waals surface area contributed by atoms with E-state index >= 15 is 0 Å². The van der Waals surface area contributed by atoms with Crippen LogP contribution in [0, 0.1) is 6.92 Å². The zero-order valence-corrected chi connectivity index (χ0v) is 13.3. The van der Waals surface area contributed by atoms with E-state index in [0.717, 1.165) is 5.56 Å². The van der Waals surface area contributed by atoms with Gasteiger partial charge in [-0.15, -0.1) is 0 Å². The minimum absolute atomic E-state index is 0.0808. The molecule has 0 aliphatic carbocycles. The Hall–Kier alpha value is -2.09. The van der Waals surface area contributed by atoms with Gasteiger partial charge in [0.05, 0.1) is 10.6 Å². The smallest absolute Gasteiger partial charge is 0.179 e. The Morgan fingerprint density at radius 1 is 1.17 bits per heavy atom. The van der Waals surface area contributed by atoms with E-state index in [-0.39, 0.29) is 28.2 Å². The second kappa shape index (κ2) is 6.99. The molecule has 0 saturated carbocycles. The zero-order valence-electron chi connectivity index (χ0n) is 12.5. The first-order chi connectivity index (χ1) is 10.8. The molecule has 6 nitrogen and oxygen atoms in total. The first kappa shape index (κ1) is 17.3. The van der Waals surface area contributed by atoms with E-state index in [2.05, 4.69) is 4.98 Å². The predicted molar refractivity (Wildman–Crippen MR) is 83.6 cm³/mol. The molecule has 0 aliphatic heterocycles. The van der Waals surface area contributed by atoms with Crippen LogP contribution in [-0.2, 0) is 9.84 Å². The van der Waals surface area contributed by atoms with Crippen LogP contribution in [0.3, 0.4) is 0 Å². The monoisotopic (exact) mass is 335 g/mol. The lowest BCUT2D eigenvalue weighted by Gasteiger charge is -2.07. The minimum atomic E-state index is -3.55. The SMILES string of the molecule is Cc1ccc(S(=O)(=O)CCC(=O)c2cncc(C(O)O)c2)cc1. The summed E-state index contributed by atoms with van der Waals surface area (Å²) in [4.78, 5) is 16.0. The fourth-order valence-electron chi connectivity index (χ4n) is 1.99. The standard InChI is InChI=1S/C16H17NO5S/c1-11-2-4-14(5-3-11)23(21,22)7-6-15(18)12-8-13(16(19)20)10-17-9-12/h2-5,8-10,16,19-20H,6-7H2,1H3. The third-order valence-electron chi connectivity index (χ3n) is 3.36. The highest BCUT2D eigenvalue weighted by atomic mass is 32.2. The van der Waals surface area contributed by atoms with Crippen molar-refractivity contribution < 1.29 is 23.4 Å². The van der Waals surface area contributed by atoms with Gasteiger partial charge in [0, 0.05) is 29.9 Å². The average molecular weight is 335 g/mol. The number of pyridine rings is 1. The lowest BCUT2D eigenvalue weighted by molar-refractivity contribution is -0.0427. The van der Waals surface area contributed by atoms with Crippen molar-refractivity contribution in [1.82, 2.24) is 4.98 Å². The summed E-state index contributed by atoms with van der Waals surface area (Å²) in [5.41, 5.74) is 1.18. The molecule has 2 rings (SSSR count). The van der Waals surface area contributed by atoms with Crippen LogP contribution in [0.4, 0.5) is 0 Å². The second-order valence-corrected chi connectivity index (χ2v) is 7.29. The van der Waals surface area contributed by atoms with Crippen LogP contribution in [0.5, 0.6) is 0 Å². The van der Waals surface area contributed by atoms with Crippen molar-refractivity contribution in [3.05, 3.63) is 59.4 Å². The molecule has 122 valence electrons. The predicted octanol–water partition coefficient (Wildman–Crippen LogP) is 1.42. The molecule has 0 radical (unpaired) electrons. The summed E-state index contributed by atoms with van der Waals surface area (Å²) in [5.74, 6) is -0.739. The van der Waals surface area contributed by atoms with Crippen molar-refractivity contribution in [3.63, 3.8) is 0 Å². The second-order valence-electron chi connectivity index (χ2n) is 5.19. The number of aromatic nitrogens is 1. The van der Waals surface area contributed by atoms with E-state index in [0.29, 0.717) is 0 Å². The van der Waals surface area contributed by atoms with E-state index in [1.807, 2.05) is 6.92 Å². The topological polar surface area (TPSA) is 105 Å². The quantitative estimate of drug-likeness (QED) is 0.611. The third kappa shape index (κ3) is 4.44. The molecule has 0 amide bonds. The van der Waals surface area contributed by atoms with Crippen molar-refractivity contribution in [1.29, 1.82) is 0 Å². The summed E-state index contributed by atoms with van der Waals surface area (Å²) in [5, 5.41) is 18.1. The van der Waals surface area contributed by atoms with Gasteiger partial charge in [0.25, 0.3) is 0 Å². The molecule has 0 atom stereocenters. The molecule has 7 heteroatoms. The van der Waals surface area contributed by atoms with Crippen molar-refractivity contribution in [3.8, 4) is 0 Å². The molecule has 1 aromatic carbocycles. The minimum Gasteiger partial charge on any atom is -0.364 e. The molecular weight excluding hydrogens is 318 g/mol. The molecule has 2 aromatic rings. The molecule has 0 bridgehead atoms. The molecule has 1 aromatic heterocycles. The first-order valence-electron chi connectivity index (χ1n) is 6.93. The fourth-order valence-corrected chi connectivity index (χ4v) is 3.23. The maximum absolute atomic E-state index is 12.2. The van der Waals surface area contributed by atoms with Gasteiger partial charge in [0.1, 0.15) is 0 Å². The lowest BCUT2D eigenvalue weighted by atomic mass is 10.1. The molecule has 23 heavy (non-hydrogen) atoms. The van der Waals surface area contributed by atoms with Crippen LogP contribution in [0.1, 0.15) is 34.2 Å². The van der Waals surface area contributed by atoms with Gasteiger partial charge in [-0.25, -0.2) is 8.42 Å². The molecule has 0 unspecified atom stereocenters. The number of aliphatic hydroxyl groups is 2. The van der Waals surface area contributed by atoms with Crippen LogP contribution in [0.15, 0.2) is 47.6 Å². The first-order valence-corrected chi connectivity index (χ1v) is 8.58. The normalized spacial score (nSPS) is 11.7. The van der Waals surface area contributed by atoms with Gasteiger partial charge in [-0.1, -0.05) is 17.7 Å². The molecule has 0 aliphatic rings. The largest absolute Gasteiger partial charge is 0.364 e. The van der Waals surface area contributed by atoms with E-state index in [1.54, 1.807) is 12.1 Å². The Bertz CT molecular complexity index is 797. The van der Waals surface area contributed by atoms with Gasteiger partial charge in [-0.2, -0.15) is 0 Å². The van der Waals surface area contributed by atoms with Crippen molar-refractivity contribution in [2.75, 3.05) is 5.75 Å². The van der Waals surface area contributed by atoms with Gasteiger partial charge in [0.15, 0.2) is 21.9 Å². The van der Waals surface area contributed by atoms with Crippen LogP contribution in [0.25, 0.3) is 0 Å². The number of rotatable bonds is 6. The van der Waals surface area contributed by atoms with E-state index in [9.17, 15) is 13.2 Å². The highest BCUT2D eigenvalue weighted by Crippen LogP contribution is 2.16. The Balaban J connectivity index is 2.09. The zero-order chi connectivity index (χ0) is 17.0. The van der Waals surface area contributed by atoms with Gasteiger partial charge in [0.2, 0.25) is 0 Å². The van der Waals surface area contributed by atoms with Crippen molar-refractivity contribution in [2.45, 2.75) is 24.5 Å². The summed E-state index contributed by atoms with van der Waals surface area (Å²) in [6, 6.07) is 7.72. The van der Waals surface area contributed by atoms with Gasteiger partial charge < -0.3 is 10.2 Å². The highest BCUT2D eigenvalue weighted by molar-refractivity contribution is 7.91. The Morgan fingerprint density at radius 2 is 1.83 bits per heavy atom. The van der Waals surface area contributed by atoms with E-state index in [4.69, 9.17) is 10.2 Å². The van der Waals surface area contributed by atoms with Crippen molar-refractivity contribution >= 4 is 15.6 Å². The summed E-state index contributed by atoms with van der Waals surface area (Å²) in [6.45, 7) is 1.86. The number of benzene rings is 1. The molecule has 0 spiro atoms. The number of aryl methyl sites for hydroxylation is 1. The number of hydrogen-bond acceptors (Lipinski definition) is 6. The fraction of sp³-hybridized carbons (Fsp3) is 0.250. The summed E-state index contributed by atoms with van der Waals surface area (Å²) in [7, 11) is -3.55. The number of ketones is 1. The molecule has 1 heterocycles. The maximum Gasteiger partial charge on any atom is 0.179 e. The summed E-state index contributed by atoms with van der Waals surface area (Å²) < 4.78 is 24.4. The summed E-state index contributed by atoms with van der Waals surface area (Å²) >= 11 is 0. The maximum atomic E-state index is 12.2. The van der Waals surface area contributed by atoms with E-state index < -0.39 is 21.9 Å². The molecule has 0 fully saturated rings. The van der Waals surface area contributed by atoms with Crippen molar-refractivity contribution in [2.24, 2.45) is 0 Å². The molecular formula is C16H17NO5S. The average Bonchev–Trinajstić information content (AvgIpc) is 2.53. The number of carbonyl (C=O) groups excluding carboxylic acids is 1. The lowest BCUT2D eigenvalue weighted by Crippen LogP contribution is -2.12. The Labute approximate surface area is 134 Å². The number of Topliss-reactive ketones (excluding diaryl/α,β-unsaturated/α-hetero) is 1. The molecule has 0 saturated heterocycles. The van der Waals surface area contributed by atoms with Crippen LogP contribution < -0.4 is 0 Å². The number of carbonyl (C=O) groups is 1. The number of nitrogens with zero attached hydrogens (tertiary/aromatic N) is 1. The molecule has 2 N–H and O–H groups in total. The number of aliphatic hydroxyl groups excluding tert-OH is 1. The van der Waals surface area contributed by atoms with Crippen LogP contribution in [0.2, 0.25) is 0 Å².